The van der Waals surface area contributed by atoms with Gasteiger partial charge in [-0.2, -0.15) is 0 Å². The van der Waals surface area contributed by atoms with Gasteiger partial charge in [-0.25, -0.2) is 9.78 Å². The predicted octanol–water partition coefficient (Wildman–Crippen LogP) is 3.58. The number of urea groups is 1. The number of nitrogens with zero attached hydrogens (tertiary/aromatic N) is 2. The average molecular weight is 395 g/mol. The number of amides is 2. The number of hydrogen-bond acceptors (Lipinski definition) is 5. The molecule has 29 heavy (non-hydrogen) atoms. The Labute approximate surface area is 170 Å². The molecule has 3 heterocycles. The van der Waals surface area contributed by atoms with E-state index in [0.29, 0.717) is 37.9 Å². The maximum atomic E-state index is 12.8. The first-order valence-electron chi connectivity index (χ1n) is 9.79. The van der Waals surface area contributed by atoms with Crippen LogP contribution in [0.15, 0.2) is 48.7 Å². The Bertz CT molecular complexity index is 891. The molecule has 4 rings (SSSR count). The topological polar surface area (TPSA) is 72.9 Å². The predicted molar refractivity (Wildman–Crippen MR) is 110 cm³/mol. The van der Waals surface area contributed by atoms with Crippen LogP contribution in [-0.2, 0) is 4.74 Å². The van der Waals surface area contributed by atoms with Gasteiger partial charge < -0.3 is 24.4 Å². The summed E-state index contributed by atoms with van der Waals surface area (Å²) in [6.07, 6.45) is 7.37. The van der Waals surface area contributed by atoms with E-state index >= 15 is 0 Å². The fourth-order valence-electron chi connectivity index (χ4n) is 3.58. The number of carbonyl (C=O) groups excluding carboxylic acids is 1. The Hall–Kier alpha value is -3.06. The number of piperidine rings is 1. The minimum Gasteiger partial charge on any atom is -0.482 e. The van der Waals surface area contributed by atoms with E-state index in [-0.39, 0.29) is 11.6 Å². The quantitative estimate of drug-likeness (QED) is 0.784. The molecule has 7 nitrogen and oxygen atoms in total. The van der Waals surface area contributed by atoms with Gasteiger partial charge in [-0.05, 0) is 24.3 Å². The summed E-state index contributed by atoms with van der Waals surface area (Å²) in [4.78, 5) is 18.8. The normalized spacial score (nSPS) is 16.8. The smallest absolute Gasteiger partial charge is 0.321 e. The average Bonchev–Trinajstić information content (AvgIpc) is 2.75. The number of ether oxygens (including phenoxy) is 3. The number of aromatic nitrogens is 1. The third kappa shape index (κ3) is 4.35. The lowest BCUT2D eigenvalue weighted by Gasteiger charge is -2.41. The van der Waals surface area contributed by atoms with E-state index in [1.54, 1.807) is 30.3 Å². The molecule has 2 aliphatic rings. The maximum Gasteiger partial charge on any atom is 0.321 e. The molecule has 1 N–H and O–H groups in total. The van der Waals surface area contributed by atoms with E-state index < -0.39 is 0 Å². The van der Waals surface area contributed by atoms with Crippen LogP contribution in [0.4, 0.5) is 10.5 Å². The monoisotopic (exact) mass is 395 g/mol. The molecule has 1 saturated heterocycles. The fraction of sp³-hybridized carbons (Fsp3) is 0.364. The first kappa shape index (κ1) is 19.3. The number of para-hydroxylation sites is 1. The van der Waals surface area contributed by atoms with Crippen LogP contribution >= 0.6 is 0 Å². The van der Waals surface area contributed by atoms with Gasteiger partial charge in [0.25, 0.3) is 0 Å². The highest BCUT2D eigenvalue weighted by atomic mass is 16.5. The molecule has 152 valence electrons. The maximum absolute atomic E-state index is 12.8. The number of methoxy groups -OCH3 is 1. The summed E-state index contributed by atoms with van der Waals surface area (Å²) >= 11 is 0. The van der Waals surface area contributed by atoms with Crippen LogP contribution in [0, 0.1) is 0 Å². The largest absolute Gasteiger partial charge is 0.482 e. The van der Waals surface area contributed by atoms with Crippen molar-refractivity contribution in [2.75, 3.05) is 38.7 Å². The van der Waals surface area contributed by atoms with Crippen molar-refractivity contribution in [2.24, 2.45) is 0 Å². The summed E-state index contributed by atoms with van der Waals surface area (Å²) in [5.41, 5.74) is 1.31. The zero-order valence-corrected chi connectivity index (χ0v) is 16.5. The first-order chi connectivity index (χ1) is 14.2. The molecule has 0 aliphatic carbocycles. The second-order valence-corrected chi connectivity index (χ2v) is 7.15. The van der Waals surface area contributed by atoms with Gasteiger partial charge >= 0.3 is 6.03 Å². The van der Waals surface area contributed by atoms with Crippen LogP contribution in [-0.4, -0.2) is 54.9 Å². The number of fused-ring (bicyclic) bond motifs is 1. The highest BCUT2D eigenvalue weighted by Gasteiger charge is 2.38. The third-order valence-electron chi connectivity index (χ3n) is 5.23. The zero-order chi connectivity index (χ0) is 20.1. The number of nitrogens with one attached hydrogen (secondary N) is 1. The number of anilines is 1. The number of rotatable bonds is 5. The molecule has 2 amide bonds. The molecule has 2 aromatic rings. The Kier molecular flexibility index (Phi) is 5.67. The van der Waals surface area contributed by atoms with Crippen LogP contribution in [0.5, 0.6) is 11.6 Å². The Balaban J connectivity index is 1.36. The number of hydrogen-bond donors (Lipinski definition) is 1. The molecule has 1 spiro atoms. The van der Waals surface area contributed by atoms with E-state index in [9.17, 15) is 4.79 Å². The second-order valence-electron chi connectivity index (χ2n) is 7.15. The van der Waals surface area contributed by atoms with Gasteiger partial charge in [0, 0.05) is 44.8 Å². The molecule has 1 fully saturated rings. The standard InChI is InChI=1S/C22H25N3O4/c1-27-15-16-28-20-18(6-4-12-23-20)24-21(26)25-13-10-22(11-14-25)9-8-17-5-2-3-7-19(17)29-22/h2-9,12H,10-11,13-16H2,1H3,(H,24,26). The summed E-state index contributed by atoms with van der Waals surface area (Å²) in [5, 5.41) is 2.91. The van der Waals surface area contributed by atoms with Crippen LogP contribution in [0.3, 0.4) is 0 Å². The van der Waals surface area contributed by atoms with Gasteiger partial charge in [0.1, 0.15) is 23.6 Å². The van der Waals surface area contributed by atoms with Crippen molar-refractivity contribution in [1.82, 2.24) is 9.88 Å². The SMILES string of the molecule is COCCOc1ncccc1NC(=O)N1CCC2(C=Cc3ccccc3O2)CC1. The molecule has 0 radical (unpaired) electrons. The lowest BCUT2D eigenvalue weighted by Crippen LogP contribution is -2.50. The number of carbonyl (C=O) groups is 1. The van der Waals surface area contributed by atoms with Crippen molar-refractivity contribution in [1.29, 1.82) is 0 Å². The van der Waals surface area contributed by atoms with Gasteiger partial charge in [-0.15, -0.1) is 0 Å². The summed E-state index contributed by atoms with van der Waals surface area (Å²) < 4.78 is 16.9. The van der Waals surface area contributed by atoms with Crippen LogP contribution in [0.1, 0.15) is 18.4 Å². The van der Waals surface area contributed by atoms with Crippen LogP contribution in [0.2, 0.25) is 0 Å². The van der Waals surface area contributed by atoms with Crippen molar-refractivity contribution in [3.05, 3.63) is 54.2 Å². The summed E-state index contributed by atoms with van der Waals surface area (Å²) in [7, 11) is 1.61. The van der Waals surface area contributed by atoms with Gasteiger partial charge in [0.15, 0.2) is 0 Å². The van der Waals surface area contributed by atoms with Crippen molar-refractivity contribution in [3.63, 3.8) is 0 Å². The van der Waals surface area contributed by atoms with Crippen LogP contribution in [0.25, 0.3) is 6.08 Å². The van der Waals surface area contributed by atoms with E-state index in [1.807, 2.05) is 24.3 Å². The molecule has 0 unspecified atom stereocenters. The van der Waals surface area contributed by atoms with Gasteiger partial charge in [0.05, 0.1) is 6.61 Å². The Morgan fingerprint density at radius 2 is 2.03 bits per heavy atom. The molecule has 7 heteroatoms. The third-order valence-corrected chi connectivity index (χ3v) is 5.23. The molecule has 2 aliphatic heterocycles. The van der Waals surface area contributed by atoms with E-state index in [2.05, 4.69) is 22.5 Å². The molecular weight excluding hydrogens is 370 g/mol. The Morgan fingerprint density at radius 1 is 1.21 bits per heavy atom. The second kappa shape index (κ2) is 8.53. The van der Waals surface area contributed by atoms with Crippen molar-refractivity contribution in [2.45, 2.75) is 18.4 Å². The first-order valence-corrected chi connectivity index (χ1v) is 9.79. The number of benzene rings is 1. The molecule has 1 aromatic heterocycles. The molecule has 0 atom stereocenters. The van der Waals surface area contributed by atoms with Crippen molar-refractivity contribution in [3.8, 4) is 11.6 Å². The van der Waals surface area contributed by atoms with Crippen LogP contribution < -0.4 is 14.8 Å². The van der Waals surface area contributed by atoms with Crippen molar-refractivity contribution < 1.29 is 19.0 Å². The zero-order valence-electron chi connectivity index (χ0n) is 16.5. The Morgan fingerprint density at radius 3 is 2.86 bits per heavy atom. The summed E-state index contributed by atoms with van der Waals surface area (Å²) in [5.74, 6) is 1.29. The fourth-order valence-corrected chi connectivity index (χ4v) is 3.58. The summed E-state index contributed by atoms with van der Waals surface area (Å²) in [6, 6.07) is 11.4. The van der Waals surface area contributed by atoms with Crippen molar-refractivity contribution >= 4 is 17.8 Å². The highest BCUT2D eigenvalue weighted by molar-refractivity contribution is 5.90. The van der Waals surface area contributed by atoms with E-state index in [4.69, 9.17) is 14.2 Å². The van der Waals surface area contributed by atoms with E-state index in [1.165, 1.54) is 0 Å². The molecule has 0 bridgehead atoms. The lowest BCUT2D eigenvalue weighted by atomic mass is 9.88. The number of pyridine rings is 1. The van der Waals surface area contributed by atoms with E-state index in [0.717, 1.165) is 24.2 Å². The highest BCUT2D eigenvalue weighted by Crippen LogP contribution is 2.37. The minimum atomic E-state index is -0.339. The minimum absolute atomic E-state index is 0.162. The molecule has 0 saturated carbocycles. The van der Waals surface area contributed by atoms with Gasteiger partial charge in [0.2, 0.25) is 5.88 Å². The van der Waals surface area contributed by atoms with Gasteiger partial charge in [-0.3, -0.25) is 0 Å². The number of likely N-dealkylation sites (tertiary alicyclic amines) is 1. The summed E-state index contributed by atoms with van der Waals surface area (Å²) in [6.45, 7) is 2.04. The molecule has 1 aromatic carbocycles. The molecular formula is C22H25N3O4. The van der Waals surface area contributed by atoms with Gasteiger partial charge in [-0.1, -0.05) is 24.3 Å². The lowest BCUT2D eigenvalue weighted by molar-refractivity contribution is 0.0518.